The predicted molar refractivity (Wildman–Crippen MR) is 73.6 cm³/mol. The molecule has 1 saturated carbocycles. The Morgan fingerprint density at radius 1 is 1.28 bits per heavy atom. The molecule has 0 N–H and O–H groups in total. The maximum Gasteiger partial charge on any atom is 0.242 e. The molecule has 5 heteroatoms. The van der Waals surface area contributed by atoms with Crippen molar-refractivity contribution in [1.82, 2.24) is 9.80 Å². The Labute approximate surface area is 114 Å². The van der Waals surface area contributed by atoms with Crippen molar-refractivity contribution in [2.24, 2.45) is 5.41 Å². The van der Waals surface area contributed by atoms with E-state index in [1.165, 1.54) is 0 Å². The Hall–Kier alpha value is -0.710. The van der Waals surface area contributed by atoms with Gasteiger partial charge in [-0.3, -0.25) is 9.59 Å². The van der Waals surface area contributed by atoms with Crippen LogP contribution in [0.5, 0.6) is 0 Å². The Morgan fingerprint density at radius 2 is 1.89 bits per heavy atom. The molecule has 1 saturated heterocycles. The first-order chi connectivity index (χ1) is 8.56. The number of hydrogen-bond donors (Lipinski definition) is 1. The summed E-state index contributed by atoms with van der Waals surface area (Å²) in [5.74, 6) is 0.931. The van der Waals surface area contributed by atoms with Gasteiger partial charge >= 0.3 is 0 Å². The van der Waals surface area contributed by atoms with E-state index in [1.807, 2.05) is 4.90 Å². The molecule has 1 aliphatic heterocycles. The average molecular weight is 270 g/mol. The van der Waals surface area contributed by atoms with Gasteiger partial charge in [0.2, 0.25) is 11.8 Å². The van der Waals surface area contributed by atoms with E-state index in [4.69, 9.17) is 0 Å². The van der Waals surface area contributed by atoms with Gasteiger partial charge < -0.3 is 9.80 Å². The summed E-state index contributed by atoms with van der Waals surface area (Å²) in [4.78, 5) is 27.4. The van der Waals surface area contributed by atoms with E-state index >= 15 is 0 Å². The second-order valence-electron chi connectivity index (χ2n) is 5.67. The van der Waals surface area contributed by atoms with Gasteiger partial charge in [0.05, 0.1) is 6.54 Å². The summed E-state index contributed by atoms with van der Waals surface area (Å²) in [6.45, 7) is 1.92. The zero-order valence-corrected chi connectivity index (χ0v) is 11.9. The summed E-state index contributed by atoms with van der Waals surface area (Å²) in [6.07, 6.45) is 4.91. The summed E-state index contributed by atoms with van der Waals surface area (Å²) in [5, 5.41) is 0. The molecule has 102 valence electrons. The Kier molecular flexibility index (Phi) is 4.20. The number of rotatable bonds is 5. The highest BCUT2D eigenvalue weighted by molar-refractivity contribution is 7.80. The van der Waals surface area contributed by atoms with Gasteiger partial charge in [-0.05, 0) is 36.9 Å². The van der Waals surface area contributed by atoms with Crippen LogP contribution in [0, 0.1) is 5.41 Å². The van der Waals surface area contributed by atoms with Crippen molar-refractivity contribution < 1.29 is 9.59 Å². The SMILES string of the molecule is CN(CC(=O)N1CCCC1)C(=O)CC1(CS)CC1. The number of likely N-dealkylation sites (N-methyl/N-ethyl adjacent to an activating group) is 1. The number of carbonyl (C=O) groups excluding carboxylic acids is 2. The van der Waals surface area contributed by atoms with Crippen molar-refractivity contribution in [2.45, 2.75) is 32.1 Å². The lowest BCUT2D eigenvalue weighted by Crippen LogP contribution is -2.40. The van der Waals surface area contributed by atoms with Gasteiger partial charge in [0.1, 0.15) is 0 Å². The fourth-order valence-electron chi connectivity index (χ4n) is 2.38. The third-order valence-electron chi connectivity index (χ3n) is 4.08. The maximum atomic E-state index is 12.0. The second kappa shape index (κ2) is 5.51. The van der Waals surface area contributed by atoms with Crippen LogP contribution in [0.25, 0.3) is 0 Å². The Morgan fingerprint density at radius 3 is 2.39 bits per heavy atom. The van der Waals surface area contributed by atoms with Crippen molar-refractivity contribution in [3.8, 4) is 0 Å². The molecule has 0 radical (unpaired) electrons. The zero-order chi connectivity index (χ0) is 13.2. The first kappa shape index (κ1) is 13.7. The lowest BCUT2D eigenvalue weighted by molar-refractivity contribution is -0.139. The lowest BCUT2D eigenvalue weighted by Gasteiger charge is -2.23. The normalized spacial score (nSPS) is 20.9. The molecule has 2 amide bonds. The summed E-state index contributed by atoms with van der Waals surface area (Å²) < 4.78 is 0. The van der Waals surface area contributed by atoms with Crippen LogP contribution < -0.4 is 0 Å². The van der Waals surface area contributed by atoms with E-state index in [0.29, 0.717) is 6.42 Å². The van der Waals surface area contributed by atoms with Crippen LogP contribution in [0.15, 0.2) is 0 Å². The first-order valence-corrected chi connectivity index (χ1v) is 7.32. The molecule has 2 rings (SSSR count). The number of thiol groups is 1. The molecule has 2 aliphatic rings. The molecule has 2 fully saturated rings. The van der Waals surface area contributed by atoms with Crippen molar-refractivity contribution in [2.75, 3.05) is 32.4 Å². The Balaban J connectivity index is 1.78. The zero-order valence-electron chi connectivity index (χ0n) is 11.0. The molecular formula is C13H22N2O2S. The van der Waals surface area contributed by atoms with Gasteiger partial charge in [-0.25, -0.2) is 0 Å². The quantitative estimate of drug-likeness (QED) is 0.762. The van der Waals surface area contributed by atoms with Crippen LogP contribution in [0.1, 0.15) is 32.1 Å². The Bertz CT molecular complexity index is 336. The molecule has 0 atom stereocenters. The second-order valence-corrected chi connectivity index (χ2v) is 5.99. The maximum absolute atomic E-state index is 12.0. The number of carbonyl (C=O) groups is 2. The fourth-order valence-corrected chi connectivity index (χ4v) is 2.81. The first-order valence-electron chi connectivity index (χ1n) is 6.69. The van der Waals surface area contributed by atoms with Crippen LogP contribution in [-0.2, 0) is 9.59 Å². The van der Waals surface area contributed by atoms with E-state index in [9.17, 15) is 9.59 Å². The van der Waals surface area contributed by atoms with E-state index in [0.717, 1.165) is 44.5 Å². The standard InChI is InChI=1S/C13H22N2O2S/c1-14(9-12(17)15-6-2-3-7-15)11(16)8-13(10-18)4-5-13/h18H,2-10H2,1H3. The number of likely N-dealkylation sites (tertiary alicyclic amines) is 1. The number of hydrogen-bond acceptors (Lipinski definition) is 3. The third-order valence-corrected chi connectivity index (χ3v) is 4.75. The summed E-state index contributed by atoms with van der Waals surface area (Å²) in [5.41, 5.74) is 0.130. The topological polar surface area (TPSA) is 40.6 Å². The minimum Gasteiger partial charge on any atom is -0.341 e. The van der Waals surface area contributed by atoms with Crippen molar-refractivity contribution in [3.05, 3.63) is 0 Å². The average Bonchev–Trinajstić information content (AvgIpc) is 2.92. The minimum absolute atomic E-state index is 0.0779. The van der Waals surface area contributed by atoms with Gasteiger partial charge in [0, 0.05) is 26.6 Å². The molecule has 1 heterocycles. The smallest absolute Gasteiger partial charge is 0.242 e. The van der Waals surface area contributed by atoms with E-state index in [2.05, 4.69) is 12.6 Å². The molecule has 0 aromatic carbocycles. The monoisotopic (exact) mass is 270 g/mol. The van der Waals surface area contributed by atoms with Gasteiger partial charge in [-0.1, -0.05) is 0 Å². The van der Waals surface area contributed by atoms with E-state index in [-0.39, 0.29) is 23.8 Å². The van der Waals surface area contributed by atoms with Crippen LogP contribution >= 0.6 is 12.6 Å². The van der Waals surface area contributed by atoms with E-state index < -0.39 is 0 Å². The number of amides is 2. The van der Waals surface area contributed by atoms with Crippen LogP contribution in [0.3, 0.4) is 0 Å². The van der Waals surface area contributed by atoms with Crippen molar-refractivity contribution in [3.63, 3.8) is 0 Å². The van der Waals surface area contributed by atoms with E-state index in [1.54, 1.807) is 11.9 Å². The fraction of sp³-hybridized carbons (Fsp3) is 0.846. The summed E-state index contributed by atoms with van der Waals surface area (Å²) >= 11 is 4.30. The molecule has 1 aliphatic carbocycles. The highest BCUT2D eigenvalue weighted by Gasteiger charge is 2.43. The van der Waals surface area contributed by atoms with Crippen molar-refractivity contribution in [1.29, 1.82) is 0 Å². The summed E-state index contributed by atoms with van der Waals surface area (Å²) in [6, 6.07) is 0. The molecule has 4 nitrogen and oxygen atoms in total. The molecule has 0 bridgehead atoms. The molecular weight excluding hydrogens is 248 g/mol. The molecule has 0 aromatic heterocycles. The van der Waals surface area contributed by atoms with Gasteiger partial charge in [0.25, 0.3) is 0 Å². The molecule has 0 spiro atoms. The number of nitrogens with zero attached hydrogens (tertiary/aromatic N) is 2. The van der Waals surface area contributed by atoms with Crippen LogP contribution in [0.4, 0.5) is 0 Å². The minimum atomic E-state index is 0.0779. The highest BCUT2D eigenvalue weighted by atomic mass is 32.1. The highest BCUT2D eigenvalue weighted by Crippen LogP contribution is 2.49. The summed E-state index contributed by atoms with van der Waals surface area (Å²) in [7, 11) is 1.73. The van der Waals surface area contributed by atoms with Gasteiger partial charge in [0.15, 0.2) is 0 Å². The van der Waals surface area contributed by atoms with Crippen LogP contribution in [0.2, 0.25) is 0 Å². The van der Waals surface area contributed by atoms with Crippen LogP contribution in [-0.4, -0.2) is 54.0 Å². The molecule has 18 heavy (non-hydrogen) atoms. The van der Waals surface area contributed by atoms with Crippen molar-refractivity contribution >= 4 is 24.4 Å². The van der Waals surface area contributed by atoms with Gasteiger partial charge in [-0.15, -0.1) is 0 Å². The molecule has 0 aromatic rings. The van der Waals surface area contributed by atoms with Gasteiger partial charge in [-0.2, -0.15) is 12.6 Å². The molecule has 0 unspecified atom stereocenters. The predicted octanol–water partition coefficient (Wildman–Crippen LogP) is 1.17. The third kappa shape index (κ3) is 3.19. The largest absolute Gasteiger partial charge is 0.341 e. The lowest BCUT2D eigenvalue weighted by atomic mass is 10.0.